The standard InChI is InChI=1S/C13H12N4/c1-8-5-11-13(15-6-8)17-12(16-11)10-4-3-9(2)14-7-10/h3-7H,1-2H3,(H,15,16,17). The molecule has 1 N–H and O–H groups in total. The third kappa shape index (κ3) is 1.78. The fourth-order valence-corrected chi connectivity index (χ4v) is 1.75. The molecule has 0 spiro atoms. The Balaban J connectivity index is 2.14. The van der Waals surface area contributed by atoms with Crippen molar-refractivity contribution in [1.82, 2.24) is 19.9 Å². The molecule has 3 heterocycles. The zero-order valence-electron chi connectivity index (χ0n) is 9.73. The van der Waals surface area contributed by atoms with Gasteiger partial charge in [-0.15, -0.1) is 0 Å². The number of rotatable bonds is 1. The lowest BCUT2D eigenvalue weighted by Crippen LogP contribution is -1.84. The van der Waals surface area contributed by atoms with E-state index in [2.05, 4.69) is 19.9 Å². The summed E-state index contributed by atoms with van der Waals surface area (Å²) >= 11 is 0. The summed E-state index contributed by atoms with van der Waals surface area (Å²) in [6.45, 7) is 3.98. The molecule has 0 aliphatic heterocycles. The summed E-state index contributed by atoms with van der Waals surface area (Å²) in [5, 5.41) is 0. The van der Waals surface area contributed by atoms with Gasteiger partial charge in [0.1, 0.15) is 5.82 Å². The average Bonchev–Trinajstić information content (AvgIpc) is 2.72. The minimum atomic E-state index is 0.742. The van der Waals surface area contributed by atoms with Crippen LogP contribution in [0.15, 0.2) is 30.6 Å². The molecule has 4 heteroatoms. The number of aromatic amines is 1. The van der Waals surface area contributed by atoms with Crippen molar-refractivity contribution in [3.63, 3.8) is 0 Å². The fourth-order valence-electron chi connectivity index (χ4n) is 1.75. The monoisotopic (exact) mass is 224 g/mol. The van der Waals surface area contributed by atoms with Crippen LogP contribution in [0, 0.1) is 13.8 Å². The van der Waals surface area contributed by atoms with E-state index < -0.39 is 0 Å². The van der Waals surface area contributed by atoms with Gasteiger partial charge in [-0.1, -0.05) is 0 Å². The number of H-pyrrole nitrogens is 1. The quantitative estimate of drug-likeness (QED) is 0.691. The van der Waals surface area contributed by atoms with Crippen LogP contribution in [0.2, 0.25) is 0 Å². The average molecular weight is 224 g/mol. The van der Waals surface area contributed by atoms with Gasteiger partial charge in [-0.25, -0.2) is 9.97 Å². The first-order valence-corrected chi connectivity index (χ1v) is 5.48. The number of pyridine rings is 2. The molecule has 0 atom stereocenters. The Kier molecular flexibility index (Phi) is 2.14. The molecule has 3 rings (SSSR count). The van der Waals surface area contributed by atoms with Gasteiger partial charge in [0.2, 0.25) is 0 Å². The zero-order valence-corrected chi connectivity index (χ0v) is 9.73. The summed E-state index contributed by atoms with van der Waals surface area (Å²) in [5.41, 5.74) is 4.80. The van der Waals surface area contributed by atoms with Crippen LogP contribution in [-0.4, -0.2) is 19.9 Å². The Hall–Kier alpha value is -2.23. The summed E-state index contributed by atoms with van der Waals surface area (Å²) in [7, 11) is 0. The summed E-state index contributed by atoms with van der Waals surface area (Å²) in [5.74, 6) is 0.811. The second kappa shape index (κ2) is 3.66. The molecule has 84 valence electrons. The lowest BCUT2D eigenvalue weighted by molar-refractivity contribution is 1.19. The second-order valence-corrected chi connectivity index (χ2v) is 4.16. The summed E-state index contributed by atoms with van der Waals surface area (Å²) < 4.78 is 0. The van der Waals surface area contributed by atoms with E-state index in [-0.39, 0.29) is 0 Å². The molecule has 0 bridgehead atoms. The van der Waals surface area contributed by atoms with E-state index in [0.29, 0.717) is 0 Å². The third-order valence-corrected chi connectivity index (χ3v) is 2.66. The zero-order chi connectivity index (χ0) is 11.8. The van der Waals surface area contributed by atoms with Gasteiger partial charge in [0.15, 0.2) is 5.65 Å². The van der Waals surface area contributed by atoms with Crippen molar-refractivity contribution < 1.29 is 0 Å². The van der Waals surface area contributed by atoms with Crippen molar-refractivity contribution in [1.29, 1.82) is 0 Å². The lowest BCUT2D eigenvalue weighted by Gasteiger charge is -1.95. The first kappa shape index (κ1) is 9.96. The molecule has 0 saturated carbocycles. The Labute approximate surface area is 98.8 Å². The highest BCUT2D eigenvalue weighted by molar-refractivity contribution is 5.76. The number of aromatic nitrogens is 4. The molecule has 3 aromatic heterocycles. The Morgan fingerprint density at radius 2 is 1.94 bits per heavy atom. The maximum atomic E-state index is 4.45. The number of nitrogens with one attached hydrogen (secondary N) is 1. The van der Waals surface area contributed by atoms with Crippen molar-refractivity contribution in [2.75, 3.05) is 0 Å². The van der Waals surface area contributed by atoms with E-state index in [0.717, 1.165) is 33.8 Å². The van der Waals surface area contributed by atoms with E-state index in [4.69, 9.17) is 0 Å². The number of hydrogen-bond donors (Lipinski definition) is 1. The highest BCUT2D eigenvalue weighted by atomic mass is 15.0. The van der Waals surface area contributed by atoms with Crippen molar-refractivity contribution in [2.24, 2.45) is 0 Å². The lowest BCUT2D eigenvalue weighted by atomic mass is 10.2. The van der Waals surface area contributed by atoms with Crippen LogP contribution in [-0.2, 0) is 0 Å². The minimum Gasteiger partial charge on any atom is -0.337 e. The highest BCUT2D eigenvalue weighted by Crippen LogP contribution is 2.19. The summed E-state index contributed by atoms with van der Waals surface area (Å²) in [6.07, 6.45) is 3.64. The number of hydrogen-bond acceptors (Lipinski definition) is 3. The fraction of sp³-hybridized carbons (Fsp3) is 0.154. The molecule has 0 aromatic carbocycles. The molecule has 0 aliphatic rings. The molecule has 0 aliphatic carbocycles. The number of aryl methyl sites for hydroxylation is 2. The Bertz CT molecular complexity index is 667. The first-order chi connectivity index (χ1) is 8.22. The third-order valence-electron chi connectivity index (χ3n) is 2.66. The van der Waals surface area contributed by atoms with Crippen LogP contribution in [0.25, 0.3) is 22.6 Å². The number of nitrogens with zero attached hydrogens (tertiary/aromatic N) is 3. The van der Waals surface area contributed by atoms with Gasteiger partial charge in [0, 0.05) is 23.7 Å². The number of imidazole rings is 1. The van der Waals surface area contributed by atoms with Crippen LogP contribution >= 0.6 is 0 Å². The van der Waals surface area contributed by atoms with Crippen molar-refractivity contribution in [3.05, 3.63) is 41.9 Å². The highest BCUT2D eigenvalue weighted by Gasteiger charge is 2.06. The minimum absolute atomic E-state index is 0.742. The van der Waals surface area contributed by atoms with Gasteiger partial charge in [0.05, 0.1) is 5.52 Å². The largest absolute Gasteiger partial charge is 0.337 e. The SMILES string of the molecule is Cc1cnc2nc(-c3ccc(C)nc3)[nH]c2c1. The second-order valence-electron chi connectivity index (χ2n) is 4.16. The van der Waals surface area contributed by atoms with Gasteiger partial charge >= 0.3 is 0 Å². The smallest absolute Gasteiger partial charge is 0.178 e. The van der Waals surface area contributed by atoms with E-state index in [9.17, 15) is 0 Å². The van der Waals surface area contributed by atoms with Crippen LogP contribution in [0.3, 0.4) is 0 Å². The van der Waals surface area contributed by atoms with Gasteiger partial charge in [-0.3, -0.25) is 4.98 Å². The molecule has 17 heavy (non-hydrogen) atoms. The van der Waals surface area contributed by atoms with Crippen molar-refractivity contribution >= 4 is 11.2 Å². The Morgan fingerprint density at radius 3 is 2.71 bits per heavy atom. The van der Waals surface area contributed by atoms with Gasteiger partial charge in [-0.2, -0.15) is 0 Å². The topological polar surface area (TPSA) is 54.5 Å². The van der Waals surface area contributed by atoms with Gasteiger partial charge in [-0.05, 0) is 37.6 Å². The molecule has 0 saturated heterocycles. The first-order valence-electron chi connectivity index (χ1n) is 5.48. The molecular formula is C13H12N4. The van der Waals surface area contributed by atoms with Crippen LogP contribution in [0.5, 0.6) is 0 Å². The number of fused-ring (bicyclic) bond motifs is 1. The van der Waals surface area contributed by atoms with Crippen molar-refractivity contribution in [2.45, 2.75) is 13.8 Å². The normalized spacial score (nSPS) is 10.9. The molecular weight excluding hydrogens is 212 g/mol. The maximum Gasteiger partial charge on any atom is 0.178 e. The summed E-state index contributed by atoms with van der Waals surface area (Å²) in [4.78, 5) is 16.3. The molecule has 0 radical (unpaired) electrons. The van der Waals surface area contributed by atoms with Crippen LogP contribution < -0.4 is 0 Å². The molecule has 0 amide bonds. The molecule has 0 unspecified atom stereocenters. The predicted octanol–water partition coefficient (Wildman–Crippen LogP) is 2.64. The molecule has 3 aromatic rings. The van der Waals surface area contributed by atoms with E-state index in [1.54, 1.807) is 0 Å². The van der Waals surface area contributed by atoms with Crippen LogP contribution in [0.1, 0.15) is 11.3 Å². The van der Waals surface area contributed by atoms with Crippen LogP contribution in [0.4, 0.5) is 0 Å². The van der Waals surface area contributed by atoms with Gasteiger partial charge in [0.25, 0.3) is 0 Å². The Morgan fingerprint density at radius 1 is 1.06 bits per heavy atom. The predicted molar refractivity (Wildman–Crippen MR) is 66.6 cm³/mol. The maximum absolute atomic E-state index is 4.45. The van der Waals surface area contributed by atoms with Gasteiger partial charge < -0.3 is 4.98 Å². The van der Waals surface area contributed by atoms with E-state index in [1.807, 2.05) is 44.4 Å². The van der Waals surface area contributed by atoms with Crippen molar-refractivity contribution in [3.8, 4) is 11.4 Å². The van der Waals surface area contributed by atoms with E-state index >= 15 is 0 Å². The van der Waals surface area contributed by atoms with E-state index in [1.165, 1.54) is 0 Å². The molecule has 4 nitrogen and oxygen atoms in total. The molecule has 0 fully saturated rings. The summed E-state index contributed by atoms with van der Waals surface area (Å²) in [6, 6.07) is 6.02.